The van der Waals surface area contributed by atoms with Crippen molar-refractivity contribution in [2.24, 2.45) is 17.8 Å². The minimum absolute atomic E-state index is 0.785. The molecule has 0 heterocycles. The molecule has 0 aromatic rings. The first-order chi connectivity index (χ1) is 12.8. The Bertz CT molecular complexity index is 349. The second-order valence-electron chi connectivity index (χ2n) is 8.49. The second-order valence-corrected chi connectivity index (χ2v) is 21.1. The van der Waals surface area contributed by atoms with E-state index < -0.39 is 7.12 Å². The molecule has 0 rings (SSSR count). The summed E-state index contributed by atoms with van der Waals surface area (Å²) in [4.78, 5) is 0. The average Bonchev–Trinajstić information content (AvgIpc) is 2.66. The van der Waals surface area contributed by atoms with Crippen LogP contribution in [0.3, 0.4) is 0 Å². The molecule has 0 aliphatic carbocycles. The van der Waals surface area contributed by atoms with Gasteiger partial charge in [-0.2, -0.15) is 0 Å². The average molecular weight is 455 g/mol. The Hall–Kier alpha value is 1.40. The third kappa shape index (κ3) is 10.8. The van der Waals surface area contributed by atoms with Crippen molar-refractivity contribution in [1.29, 1.82) is 0 Å². The molecule has 0 amide bonds. The largest absolute Gasteiger partial charge is 0.0939 e. The van der Waals surface area contributed by atoms with E-state index >= 15 is 0 Å². The van der Waals surface area contributed by atoms with Crippen molar-refractivity contribution in [3.05, 3.63) is 0 Å². The number of unbranched alkanes of at least 4 members (excludes halogenated alkanes) is 1. The fraction of sp³-hybridized carbons (Fsp3) is 1.00. The monoisotopic (exact) mass is 454 g/mol. The zero-order valence-electron chi connectivity index (χ0n) is 19.9. The Morgan fingerprint density at radius 1 is 0.778 bits per heavy atom. The lowest BCUT2D eigenvalue weighted by atomic mass is 9.91. The Morgan fingerprint density at radius 3 is 1.96 bits per heavy atom. The smallest absolute Gasteiger partial charge is 0.0151 e. The van der Waals surface area contributed by atoms with Crippen LogP contribution < -0.4 is 0 Å². The highest BCUT2D eigenvalue weighted by Crippen LogP contribution is 2.83. The van der Waals surface area contributed by atoms with E-state index in [1.54, 1.807) is 0 Å². The molecule has 0 saturated heterocycles. The first-order valence-corrected chi connectivity index (χ1v) is 17.7. The maximum absolute atomic E-state index is 2.60. The van der Waals surface area contributed by atoms with E-state index in [0.29, 0.717) is 0 Å². The van der Waals surface area contributed by atoms with E-state index in [1.165, 1.54) is 56.5 Å². The van der Waals surface area contributed by atoms with Gasteiger partial charge in [0.05, 0.1) is 0 Å². The first-order valence-electron chi connectivity index (χ1n) is 11.6. The van der Waals surface area contributed by atoms with Crippen LogP contribution in [-0.4, -0.2) is 22.0 Å². The topological polar surface area (TPSA) is 0 Å². The van der Waals surface area contributed by atoms with Crippen molar-refractivity contribution >= 4 is 39.5 Å². The SMILES string of the molecule is CCCCC(C)SS(SCCC)(SCC(C)CCC)C(C)C(C)C(C)CC. The Balaban J connectivity index is 5.53. The van der Waals surface area contributed by atoms with Crippen LogP contribution in [0.25, 0.3) is 0 Å². The zero-order chi connectivity index (χ0) is 20.9. The van der Waals surface area contributed by atoms with Crippen LogP contribution in [0.5, 0.6) is 0 Å². The van der Waals surface area contributed by atoms with Crippen molar-refractivity contribution in [2.75, 3.05) is 11.5 Å². The lowest BCUT2D eigenvalue weighted by molar-refractivity contribution is 0.375. The van der Waals surface area contributed by atoms with Crippen molar-refractivity contribution in [3.63, 3.8) is 0 Å². The highest BCUT2D eigenvalue weighted by atomic mass is 33.8. The summed E-state index contributed by atoms with van der Waals surface area (Å²) in [5.41, 5.74) is 0. The van der Waals surface area contributed by atoms with Crippen molar-refractivity contribution in [2.45, 2.75) is 118 Å². The highest BCUT2D eigenvalue weighted by Gasteiger charge is 2.38. The van der Waals surface area contributed by atoms with Gasteiger partial charge in [0.2, 0.25) is 0 Å². The third-order valence-electron chi connectivity index (χ3n) is 5.75. The summed E-state index contributed by atoms with van der Waals surface area (Å²) in [5, 5.41) is 1.61. The molecule has 0 saturated carbocycles. The van der Waals surface area contributed by atoms with E-state index in [2.05, 4.69) is 94.7 Å². The molecule has 0 nitrogen and oxygen atoms in total. The summed E-state index contributed by atoms with van der Waals surface area (Å²) in [7, 11) is 6.38. The molecule has 4 heteroatoms. The molecule has 27 heavy (non-hydrogen) atoms. The summed E-state index contributed by atoms with van der Waals surface area (Å²) in [5.74, 6) is 5.18. The standard InChI is InChI=1S/C23H50S4/c1-10-14-16-21(7)26-27(24-17-12-3,25-18-19(5)15-11-2)23(9)22(8)20(6)13-4/h19-23H,10-18H2,1-9H3. The maximum atomic E-state index is 2.60. The van der Waals surface area contributed by atoms with Crippen molar-refractivity contribution in [3.8, 4) is 0 Å². The first kappa shape index (κ1) is 28.4. The van der Waals surface area contributed by atoms with E-state index in [4.69, 9.17) is 0 Å². The van der Waals surface area contributed by atoms with Crippen molar-refractivity contribution in [1.82, 2.24) is 0 Å². The molecule has 0 aromatic carbocycles. The third-order valence-corrected chi connectivity index (χ3v) is 22.1. The van der Waals surface area contributed by atoms with Gasteiger partial charge in [0.25, 0.3) is 0 Å². The Labute approximate surface area is 185 Å². The van der Waals surface area contributed by atoms with E-state index in [0.717, 1.165) is 28.3 Å². The summed E-state index contributed by atoms with van der Waals surface area (Å²) >= 11 is 0. The van der Waals surface area contributed by atoms with Crippen LogP contribution in [0.2, 0.25) is 0 Å². The number of hydrogen-bond acceptors (Lipinski definition) is 3. The second kappa shape index (κ2) is 16.1. The van der Waals surface area contributed by atoms with Crippen LogP contribution in [0, 0.1) is 17.8 Å². The molecule has 0 N–H and O–H groups in total. The van der Waals surface area contributed by atoms with Gasteiger partial charge in [0.1, 0.15) is 0 Å². The summed E-state index contributed by atoms with van der Waals surface area (Å²) < 4.78 is 0. The zero-order valence-corrected chi connectivity index (χ0v) is 23.1. The fourth-order valence-electron chi connectivity index (χ4n) is 3.24. The predicted octanol–water partition coefficient (Wildman–Crippen LogP) is 10.2. The molecule has 0 bridgehead atoms. The molecule has 0 aliphatic heterocycles. The minimum atomic E-state index is -0.785. The minimum Gasteiger partial charge on any atom is -0.0939 e. The van der Waals surface area contributed by atoms with Crippen LogP contribution in [0.4, 0.5) is 0 Å². The Kier molecular flexibility index (Phi) is 17.0. The molecular formula is C23H50S4. The van der Waals surface area contributed by atoms with E-state index in [9.17, 15) is 0 Å². The van der Waals surface area contributed by atoms with Gasteiger partial charge in [-0.25, -0.2) is 0 Å². The van der Waals surface area contributed by atoms with Crippen LogP contribution in [0.1, 0.15) is 107 Å². The van der Waals surface area contributed by atoms with Crippen LogP contribution in [0.15, 0.2) is 0 Å². The predicted molar refractivity (Wildman–Crippen MR) is 142 cm³/mol. The summed E-state index contributed by atoms with van der Waals surface area (Å²) in [6, 6.07) is 0. The van der Waals surface area contributed by atoms with E-state index in [1.807, 2.05) is 0 Å². The molecule has 166 valence electrons. The maximum Gasteiger partial charge on any atom is 0.0151 e. The Morgan fingerprint density at radius 2 is 1.44 bits per heavy atom. The molecule has 0 spiro atoms. The van der Waals surface area contributed by atoms with E-state index in [-0.39, 0.29) is 0 Å². The molecule has 0 radical (unpaired) electrons. The lowest BCUT2D eigenvalue weighted by Gasteiger charge is -2.48. The molecule has 0 aromatic heterocycles. The number of hydrogen-bond donors (Lipinski definition) is 0. The van der Waals surface area contributed by atoms with Crippen LogP contribution >= 0.6 is 39.5 Å². The highest BCUT2D eigenvalue weighted by molar-refractivity contribution is 9.48. The van der Waals surface area contributed by atoms with Gasteiger partial charge in [-0.1, -0.05) is 134 Å². The van der Waals surface area contributed by atoms with Gasteiger partial charge < -0.3 is 0 Å². The molecular weight excluding hydrogens is 405 g/mol. The van der Waals surface area contributed by atoms with Crippen LogP contribution in [-0.2, 0) is 0 Å². The fourth-order valence-corrected chi connectivity index (χ4v) is 20.8. The molecule has 6 unspecified atom stereocenters. The van der Waals surface area contributed by atoms with Gasteiger partial charge in [-0.05, 0) is 30.6 Å². The normalized spacial score (nSPS) is 21.1. The van der Waals surface area contributed by atoms with Gasteiger partial charge >= 0.3 is 0 Å². The summed E-state index contributed by atoms with van der Waals surface area (Å²) in [6.45, 7) is 22.0. The quantitative estimate of drug-likeness (QED) is 0.200. The van der Waals surface area contributed by atoms with Gasteiger partial charge in [-0.3, -0.25) is 0 Å². The van der Waals surface area contributed by atoms with Crippen molar-refractivity contribution < 1.29 is 0 Å². The molecule has 0 fully saturated rings. The van der Waals surface area contributed by atoms with Gasteiger partial charge in [0, 0.05) is 22.0 Å². The summed E-state index contributed by atoms with van der Waals surface area (Å²) in [6.07, 6.45) is 9.42. The van der Waals surface area contributed by atoms with Gasteiger partial charge in [-0.15, -0.1) is 0 Å². The lowest BCUT2D eigenvalue weighted by Crippen LogP contribution is -2.24. The molecule has 6 atom stereocenters. The molecule has 0 aliphatic rings. The van der Waals surface area contributed by atoms with Gasteiger partial charge in [0.15, 0.2) is 0 Å². The number of rotatable bonds is 17.